The van der Waals surface area contributed by atoms with Crippen LogP contribution in [0.15, 0.2) is 42.6 Å². The molecular formula is C42H44ClN9O6. The highest BCUT2D eigenvalue weighted by atomic mass is 35.5. The van der Waals surface area contributed by atoms with Crippen LogP contribution in [-0.2, 0) is 9.59 Å². The molecular weight excluding hydrogens is 762 g/mol. The number of carbonyl (C=O) groups is 5. The molecule has 0 spiro atoms. The molecule has 1 aromatic heterocycles. The van der Waals surface area contributed by atoms with Gasteiger partial charge >= 0.3 is 0 Å². The van der Waals surface area contributed by atoms with Gasteiger partial charge in [-0.25, -0.2) is 9.97 Å². The molecule has 9 rings (SSSR count). The van der Waals surface area contributed by atoms with Crippen LogP contribution in [0.1, 0.15) is 111 Å². The van der Waals surface area contributed by atoms with E-state index in [4.69, 9.17) is 27.1 Å². The Balaban J connectivity index is 0.813. The molecule has 2 saturated carbocycles. The number of primary amides is 1. The van der Waals surface area contributed by atoms with Crippen molar-refractivity contribution in [2.24, 2.45) is 17.6 Å². The molecule has 3 aromatic rings. The summed E-state index contributed by atoms with van der Waals surface area (Å²) in [5, 5.41) is 15.5. The Bertz CT molecular complexity index is 2250. The third-order valence-corrected chi connectivity index (χ3v) is 13.5. The molecule has 0 radical (unpaired) electrons. The molecule has 16 heteroatoms. The van der Waals surface area contributed by atoms with Crippen molar-refractivity contribution in [3.8, 4) is 11.8 Å². The summed E-state index contributed by atoms with van der Waals surface area (Å²) >= 11 is 6.21. The standard InChI is InChI=1S/C42H44ClN9O6/c43-33-18-28(7-3-24(33)19-44)58-27-5-1-22(2-6-27)37-32(38(45)54)21-47-42(49-37)51-13-11-50(12-14-51)26-15-25-20-46-36(30(25)17-26)23-4-8-29-31(16-23)41(57)52(40(29)56)34-9-10-35(53)48-39(34)55/h3-4,7-8,16,18,21-22,25-27,30,34,36,46H,1-2,5-6,9-15,17,20H2,(H2,45,54)(H,48,53,55)/t22?,25-,26+,27?,30+,34+,36-/m0/s1. The highest BCUT2D eigenvalue weighted by molar-refractivity contribution is 6.31. The lowest BCUT2D eigenvalue weighted by molar-refractivity contribution is -0.136. The number of benzene rings is 2. The topological polar surface area (TPSA) is 204 Å². The lowest BCUT2D eigenvalue weighted by atomic mass is 9.83. The molecule has 0 bridgehead atoms. The third kappa shape index (κ3) is 6.96. The zero-order chi connectivity index (χ0) is 40.2. The molecule has 58 heavy (non-hydrogen) atoms. The summed E-state index contributed by atoms with van der Waals surface area (Å²) in [6.07, 6.45) is 6.93. The Morgan fingerprint density at radius 1 is 0.948 bits per heavy atom. The number of amides is 5. The minimum atomic E-state index is -0.990. The Morgan fingerprint density at radius 3 is 2.45 bits per heavy atom. The monoisotopic (exact) mass is 805 g/mol. The molecule has 5 atom stereocenters. The summed E-state index contributed by atoms with van der Waals surface area (Å²) in [7, 11) is 0. The molecule has 4 aliphatic heterocycles. The summed E-state index contributed by atoms with van der Waals surface area (Å²) in [6.45, 7) is 4.08. The first kappa shape index (κ1) is 38.1. The van der Waals surface area contributed by atoms with Crippen LogP contribution in [0, 0.1) is 23.2 Å². The van der Waals surface area contributed by atoms with Crippen molar-refractivity contribution in [2.45, 2.75) is 81.5 Å². The second kappa shape index (κ2) is 15.4. The number of hydrogen-bond acceptors (Lipinski definition) is 12. The Labute approximate surface area is 340 Å². The molecule has 3 saturated heterocycles. The second-order valence-electron chi connectivity index (χ2n) is 16.4. The molecule has 5 amide bonds. The smallest absolute Gasteiger partial charge is 0.262 e. The lowest BCUT2D eigenvalue weighted by Crippen LogP contribution is -2.54. The van der Waals surface area contributed by atoms with Crippen LogP contribution in [0.5, 0.6) is 5.75 Å². The fourth-order valence-corrected chi connectivity index (χ4v) is 10.4. The van der Waals surface area contributed by atoms with Gasteiger partial charge in [-0.1, -0.05) is 17.7 Å². The number of anilines is 1. The number of nitrogens with one attached hydrogen (secondary N) is 2. The maximum Gasteiger partial charge on any atom is 0.262 e. The quantitative estimate of drug-likeness (QED) is 0.280. The van der Waals surface area contributed by atoms with E-state index in [9.17, 15) is 29.2 Å². The number of aromatic nitrogens is 2. The summed E-state index contributed by atoms with van der Waals surface area (Å²) in [6, 6.07) is 12.1. The number of piperidine rings is 1. The summed E-state index contributed by atoms with van der Waals surface area (Å²) in [4.78, 5) is 78.9. The van der Waals surface area contributed by atoms with Crippen molar-refractivity contribution >= 4 is 47.1 Å². The van der Waals surface area contributed by atoms with E-state index in [2.05, 4.69) is 31.5 Å². The molecule has 6 aliphatic rings. The molecule has 300 valence electrons. The van der Waals surface area contributed by atoms with Gasteiger partial charge in [0.2, 0.25) is 17.8 Å². The van der Waals surface area contributed by atoms with Crippen molar-refractivity contribution in [3.63, 3.8) is 0 Å². The van der Waals surface area contributed by atoms with Gasteiger partial charge in [0.1, 0.15) is 17.9 Å². The SMILES string of the molecule is N#Cc1ccc(OC2CCC(c3nc(N4CCN([C@@H]5C[C@H]6CN[C@@H](c7ccc8c(c7)C(=O)N([C@@H]7CCC(=O)NC7=O)C8=O)[C@@H]6C5)CC4)ncc3C(N)=O)CC2)cc1Cl. The van der Waals surface area contributed by atoms with Crippen LogP contribution >= 0.6 is 11.6 Å². The average molecular weight is 806 g/mol. The maximum atomic E-state index is 13.5. The zero-order valence-electron chi connectivity index (χ0n) is 31.9. The summed E-state index contributed by atoms with van der Waals surface area (Å²) in [5.74, 6) is -0.402. The maximum absolute atomic E-state index is 13.5. The van der Waals surface area contributed by atoms with Crippen molar-refractivity contribution in [1.82, 2.24) is 30.4 Å². The van der Waals surface area contributed by atoms with Gasteiger partial charge in [0.15, 0.2) is 0 Å². The molecule has 5 heterocycles. The second-order valence-corrected chi connectivity index (χ2v) is 16.8. The van der Waals surface area contributed by atoms with Crippen molar-refractivity contribution in [3.05, 3.63) is 81.1 Å². The van der Waals surface area contributed by atoms with Crippen LogP contribution in [0.3, 0.4) is 0 Å². The van der Waals surface area contributed by atoms with Crippen LogP contribution in [0.4, 0.5) is 5.95 Å². The first-order chi connectivity index (χ1) is 28.1. The number of carbonyl (C=O) groups excluding carboxylic acids is 5. The highest BCUT2D eigenvalue weighted by Gasteiger charge is 2.48. The van der Waals surface area contributed by atoms with E-state index in [1.54, 1.807) is 30.5 Å². The number of ether oxygens (including phenoxy) is 1. The van der Waals surface area contributed by atoms with Crippen LogP contribution in [-0.4, -0.2) is 100 Å². The van der Waals surface area contributed by atoms with Crippen LogP contribution in [0.2, 0.25) is 5.02 Å². The number of nitriles is 1. The number of halogens is 1. The predicted molar refractivity (Wildman–Crippen MR) is 210 cm³/mol. The van der Waals surface area contributed by atoms with E-state index in [0.717, 1.165) is 81.7 Å². The molecule has 2 aromatic carbocycles. The molecule has 5 fully saturated rings. The van der Waals surface area contributed by atoms with E-state index in [0.29, 0.717) is 62.5 Å². The van der Waals surface area contributed by atoms with E-state index < -0.39 is 35.6 Å². The number of nitrogens with zero attached hydrogens (tertiary/aromatic N) is 6. The van der Waals surface area contributed by atoms with Gasteiger partial charge in [0, 0.05) is 62.9 Å². The van der Waals surface area contributed by atoms with Gasteiger partial charge in [0.05, 0.1) is 39.1 Å². The van der Waals surface area contributed by atoms with Gasteiger partial charge in [-0.15, -0.1) is 0 Å². The fourth-order valence-electron chi connectivity index (χ4n) is 10.2. The van der Waals surface area contributed by atoms with E-state index in [1.165, 1.54) is 0 Å². The number of imide groups is 2. The third-order valence-electron chi connectivity index (χ3n) is 13.2. The van der Waals surface area contributed by atoms with Crippen molar-refractivity contribution in [1.29, 1.82) is 5.26 Å². The fraction of sp³-hybridized carbons (Fsp3) is 0.476. The number of nitrogens with two attached hydrogens (primary N) is 1. The number of fused-ring (bicyclic) bond motifs is 2. The minimum Gasteiger partial charge on any atom is -0.490 e. The molecule has 4 N–H and O–H groups in total. The van der Waals surface area contributed by atoms with Crippen molar-refractivity contribution in [2.75, 3.05) is 37.6 Å². The Morgan fingerprint density at radius 2 is 1.72 bits per heavy atom. The number of rotatable bonds is 8. The minimum absolute atomic E-state index is 0.0195. The first-order valence-corrected chi connectivity index (χ1v) is 20.5. The Hall–Kier alpha value is -5.43. The van der Waals surface area contributed by atoms with Crippen molar-refractivity contribution < 1.29 is 28.7 Å². The predicted octanol–water partition coefficient (Wildman–Crippen LogP) is 3.47. The summed E-state index contributed by atoms with van der Waals surface area (Å²) in [5.41, 5.74) is 8.84. The van der Waals surface area contributed by atoms with Gasteiger partial charge in [-0.3, -0.25) is 39.1 Å². The van der Waals surface area contributed by atoms with E-state index >= 15 is 0 Å². The highest BCUT2D eigenvalue weighted by Crippen LogP contribution is 2.47. The molecule has 15 nitrogen and oxygen atoms in total. The van der Waals surface area contributed by atoms with Gasteiger partial charge in [0.25, 0.3) is 17.7 Å². The molecule has 0 unspecified atom stereocenters. The number of piperazine rings is 1. The Kier molecular flexibility index (Phi) is 10.1. The van der Waals surface area contributed by atoms with Gasteiger partial charge < -0.3 is 20.7 Å². The average Bonchev–Trinajstić information content (AvgIpc) is 3.90. The van der Waals surface area contributed by atoms with E-state index in [-0.39, 0.29) is 30.9 Å². The summed E-state index contributed by atoms with van der Waals surface area (Å²) < 4.78 is 6.19. The van der Waals surface area contributed by atoms with Crippen LogP contribution in [0.25, 0.3) is 0 Å². The zero-order valence-corrected chi connectivity index (χ0v) is 32.6. The normalized spacial score (nSPS) is 28.6. The van der Waals surface area contributed by atoms with Gasteiger partial charge in [-0.05, 0) is 93.2 Å². The van der Waals surface area contributed by atoms with Gasteiger partial charge in [-0.2, -0.15) is 5.26 Å². The first-order valence-electron chi connectivity index (χ1n) is 20.2. The largest absolute Gasteiger partial charge is 0.490 e. The number of hydrogen-bond donors (Lipinski definition) is 3. The lowest BCUT2D eigenvalue weighted by Gasteiger charge is -2.39. The van der Waals surface area contributed by atoms with Crippen LogP contribution < -0.4 is 26.0 Å². The van der Waals surface area contributed by atoms with E-state index in [1.807, 2.05) is 12.1 Å². The molecule has 2 aliphatic carbocycles.